The molecule has 1 radical (unpaired) electrons. The molecule has 1 nitrogen and oxygen atoms in total. The normalized spacial score (nSPS) is 13.8. The first kappa shape index (κ1) is 9.57. The Balaban J connectivity index is 2.06. The van der Waals surface area contributed by atoms with Crippen molar-refractivity contribution in [2.75, 3.05) is 6.61 Å². The van der Waals surface area contributed by atoms with Crippen molar-refractivity contribution in [2.24, 2.45) is 0 Å². The number of hydrogen-bond donors (Lipinski definition) is 0. The van der Waals surface area contributed by atoms with Crippen molar-refractivity contribution < 1.29 is 4.74 Å². The van der Waals surface area contributed by atoms with E-state index < -0.39 is 0 Å². The van der Waals surface area contributed by atoms with Gasteiger partial charge in [-0.2, -0.15) is 0 Å². The highest BCUT2D eigenvalue weighted by Crippen LogP contribution is 2.28. The summed E-state index contributed by atoms with van der Waals surface area (Å²) in [6.45, 7) is 3.09. The molecular weight excluding hydrogens is 172 g/mol. The second-order valence-electron chi connectivity index (χ2n) is 3.85. The molecule has 1 aromatic rings. The standard InChI is InChI=1S/C13H17O/c1-2-3-4-6-11-7-5-8-13-12(11)9-10-14-13/h5,8H,2-4,6,9-10H2,1H3. The summed E-state index contributed by atoms with van der Waals surface area (Å²) in [4.78, 5) is 0. The zero-order valence-corrected chi connectivity index (χ0v) is 8.81. The van der Waals surface area contributed by atoms with E-state index >= 15 is 0 Å². The number of unbranched alkanes of at least 4 members (excludes halogenated alkanes) is 2. The van der Waals surface area contributed by atoms with Crippen LogP contribution in [0.25, 0.3) is 0 Å². The molecule has 0 aromatic heterocycles. The Bertz CT molecular complexity index is 304. The number of ether oxygens (including phenoxy) is 1. The number of hydrogen-bond acceptors (Lipinski definition) is 1. The second kappa shape index (κ2) is 4.50. The summed E-state index contributed by atoms with van der Waals surface area (Å²) in [6, 6.07) is 7.37. The van der Waals surface area contributed by atoms with Crippen molar-refractivity contribution >= 4 is 0 Å². The van der Waals surface area contributed by atoms with Crippen LogP contribution in [0, 0.1) is 6.07 Å². The minimum atomic E-state index is 0.855. The van der Waals surface area contributed by atoms with Gasteiger partial charge in [0.25, 0.3) is 0 Å². The molecule has 1 aliphatic heterocycles. The van der Waals surface area contributed by atoms with Gasteiger partial charge in [0, 0.05) is 12.0 Å². The third kappa shape index (κ3) is 1.92. The molecule has 0 saturated carbocycles. The lowest BCUT2D eigenvalue weighted by Gasteiger charge is -2.05. The Labute approximate surface area is 86.1 Å². The van der Waals surface area contributed by atoms with Crippen molar-refractivity contribution in [3.05, 3.63) is 29.3 Å². The van der Waals surface area contributed by atoms with Gasteiger partial charge < -0.3 is 4.74 Å². The summed E-state index contributed by atoms with van der Waals surface area (Å²) in [5.41, 5.74) is 2.79. The molecule has 0 unspecified atom stereocenters. The van der Waals surface area contributed by atoms with Gasteiger partial charge in [0.05, 0.1) is 6.61 Å². The molecule has 0 atom stereocenters. The summed E-state index contributed by atoms with van der Waals surface area (Å²) < 4.78 is 5.53. The maximum Gasteiger partial charge on any atom is 0.122 e. The first-order valence-corrected chi connectivity index (χ1v) is 5.57. The summed E-state index contributed by atoms with van der Waals surface area (Å²) in [5.74, 6) is 1.09. The Morgan fingerprint density at radius 1 is 1.43 bits per heavy atom. The number of benzene rings is 1. The molecule has 0 amide bonds. The van der Waals surface area contributed by atoms with Gasteiger partial charge in [-0.3, -0.25) is 0 Å². The van der Waals surface area contributed by atoms with E-state index in [0.29, 0.717) is 0 Å². The van der Waals surface area contributed by atoms with Crippen LogP contribution >= 0.6 is 0 Å². The van der Waals surface area contributed by atoms with E-state index in [9.17, 15) is 0 Å². The topological polar surface area (TPSA) is 9.23 Å². The molecule has 75 valence electrons. The molecule has 1 heterocycles. The minimum Gasteiger partial charge on any atom is -0.493 e. The highest BCUT2D eigenvalue weighted by Gasteiger charge is 2.14. The average Bonchev–Trinajstić information content (AvgIpc) is 2.67. The Kier molecular flexibility index (Phi) is 3.07. The van der Waals surface area contributed by atoms with Gasteiger partial charge in [0.1, 0.15) is 5.75 Å². The molecule has 0 spiro atoms. The van der Waals surface area contributed by atoms with Crippen molar-refractivity contribution in [1.82, 2.24) is 0 Å². The highest BCUT2D eigenvalue weighted by molar-refractivity contribution is 5.42. The molecule has 2 rings (SSSR count). The number of fused-ring (bicyclic) bond motifs is 1. The Morgan fingerprint density at radius 2 is 2.36 bits per heavy atom. The molecule has 0 saturated heterocycles. The molecule has 0 bridgehead atoms. The van der Waals surface area contributed by atoms with Crippen LogP contribution in [0.5, 0.6) is 5.75 Å². The van der Waals surface area contributed by atoms with Gasteiger partial charge in [-0.15, -0.1) is 0 Å². The third-order valence-electron chi connectivity index (χ3n) is 2.79. The summed E-state index contributed by atoms with van der Waals surface area (Å²) >= 11 is 0. The van der Waals surface area contributed by atoms with Crippen LogP contribution in [0.3, 0.4) is 0 Å². The van der Waals surface area contributed by atoms with Crippen molar-refractivity contribution in [3.63, 3.8) is 0 Å². The SMILES string of the molecule is CCCCCc1[c]ccc2c1CCO2. The van der Waals surface area contributed by atoms with Crippen LogP contribution in [-0.4, -0.2) is 6.61 Å². The molecule has 0 fully saturated rings. The van der Waals surface area contributed by atoms with Gasteiger partial charge >= 0.3 is 0 Å². The molecule has 1 aromatic carbocycles. The van der Waals surface area contributed by atoms with E-state index in [-0.39, 0.29) is 0 Å². The largest absolute Gasteiger partial charge is 0.493 e. The molecular formula is C13H17O. The number of rotatable bonds is 4. The average molecular weight is 189 g/mol. The number of aryl methyl sites for hydroxylation is 1. The Morgan fingerprint density at radius 3 is 3.21 bits per heavy atom. The lowest BCUT2D eigenvalue weighted by molar-refractivity contribution is 0.357. The fraction of sp³-hybridized carbons (Fsp3) is 0.538. The van der Waals surface area contributed by atoms with E-state index in [1.807, 2.05) is 12.1 Å². The monoisotopic (exact) mass is 189 g/mol. The molecule has 1 heteroatoms. The smallest absolute Gasteiger partial charge is 0.122 e. The van der Waals surface area contributed by atoms with Crippen LogP contribution in [-0.2, 0) is 12.8 Å². The first-order chi connectivity index (χ1) is 6.92. The quantitative estimate of drug-likeness (QED) is 0.661. The first-order valence-electron chi connectivity index (χ1n) is 5.57. The van der Waals surface area contributed by atoms with Crippen LogP contribution in [0.15, 0.2) is 12.1 Å². The predicted molar refractivity (Wildman–Crippen MR) is 57.7 cm³/mol. The maximum atomic E-state index is 5.53. The van der Waals surface area contributed by atoms with E-state index in [1.165, 1.54) is 36.8 Å². The fourth-order valence-electron chi connectivity index (χ4n) is 2.00. The maximum absolute atomic E-state index is 5.53. The van der Waals surface area contributed by atoms with Gasteiger partial charge in [0.2, 0.25) is 0 Å². The highest BCUT2D eigenvalue weighted by atomic mass is 16.5. The van der Waals surface area contributed by atoms with Gasteiger partial charge in [0.15, 0.2) is 0 Å². The van der Waals surface area contributed by atoms with Gasteiger partial charge in [-0.25, -0.2) is 0 Å². The lowest BCUT2D eigenvalue weighted by Crippen LogP contribution is -1.92. The molecule has 14 heavy (non-hydrogen) atoms. The third-order valence-corrected chi connectivity index (χ3v) is 2.79. The minimum absolute atomic E-state index is 0.855. The van der Waals surface area contributed by atoms with Gasteiger partial charge in [-0.1, -0.05) is 25.8 Å². The van der Waals surface area contributed by atoms with Crippen molar-refractivity contribution in [3.8, 4) is 5.75 Å². The van der Waals surface area contributed by atoms with Crippen molar-refractivity contribution in [2.45, 2.75) is 39.0 Å². The van der Waals surface area contributed by atoms with E-state index in [2.05, 4.69) is 13.0 Å². The van der Waals surface area contributed by atoms with E-state index in [1.54, 1.807) is 0 Å². The van der Waals surface area contributed by atoms with Gasteiger partial charge in [-0.05, 0) is 30.5 Å². The zero-order valence-electron chi connectivity index (χ0n) is 8.81. The van der Waals surface area contributed by atoms with E-state index in [4.69, 9.17) is 4.74 Å². The molecule has 1 aliphatic rings. The van der Waals surface area contributed by atoms with Crippen LogP contribution in [0.1, 0.15) is 37.3 Å². The zero-order chi connectivity index (χ0) is 9.80. The Hall–Kier alpha value is -0.980. The summed E-state index contributed by atoms with van der Waals surface area (Å²) in [7, 11) is 0. The summed E-state index contributed by atoms with van der Waals surface area (Å²) in [6.07, 6.45) is 6.13. The summed E-state index contributed by atoms with van der Waals surface area (Å²) in [5, 5.41) is 0. The lowest BCUT2D eigenvalue weighted by atomic mass is 10.00. The second-order valence-corrected chi connectivity index (χ2v) is 3.85. The van der Waals surface area contributed by atoms with Crippen molar-refractivity contribution in [1.29, 1.82) is 0 Å². The fourth-order valence-corrected chi connectivity index (χ4v) is 2.00. The predicted octanol–water partition coefficient (Wildman–Crippen LogP) is 3.15. The van der Waals surface area contributed by atoms with E-state index in [0.717, 1.165) is 18.8 Å². The molecule has 0 N–H and O–H groups in total. The van der Waals surface area contributed by atoms with Crippen LogP contribution in [0.4, 0.5) is 0 Å². The van der Waals surface area contributed by atoms with Crippen LogP contribution in [0.2, 0.25) is 0 Å². The van der Waals surface area contributed by atoms with Crippen LogP contribution < -0.4 is 4.74 Å². The molecule has 0 aliphatic carbocycles.